The van der Waals surface area contributed by atoms with Crippen molar-refractivity contribution in [3.63, 3.8) is 0 Å². The average molecular weight is 467 g/mol. The number of carbonyl (C=O) groups excluding carboxylic acids is 1. The predicted molar refractivity (Wildman–Crippen MR) is 127 cm³/mol. The predicted octanol–water partition coefficient (Wildman–Crippen LogP) is 4.70. The molecule has 0 unspecified atom stereocenters. The van der Waals surface area contributed by atoms with Crippen LogP contribution in [0.2, 0.25) is 0 Å². The molecule has 0 radical (unpaired) electrons. The molecule has 0 aromatic heterocycles. The zero-order chi connectivity index (χ0) is 23.6. The second kappa shape index (κ2) is 9.35. The number of sulfonamides is 1. The molecule has 5 nitrogen and oxygen atoms in total. The molecule has 0 bridgehead atoms. The normalized spacial score (nSPS) is 13.9. The van der Waals surface area contributed by atoms with Gasteiger partial charge in [0.25, 0.3) is 10.0 Å². The van der Waals surface area contributed by atoms with Crippen molar-refractivity contribution in [1.82, 2.24) is 5.32 Å². The maximum Gasteiger partial charge on any atom is 0.264 e. The van der Waals surface area contributed by atoms with Crippen LogP contribution in [-0.4, -0.2) is 20.9 Å². The first-order valence-electron chi connectivity index (χ1n) is 11.0. The van der Waals surface area contributed by atoms with Crippen LogP contribution in [-0.2, 0) is 27.7 Å². The van der Waals surface area contributed by atoms with E-state index in [1.54, 1.807) is 18.2 Å². The van der Waals surface area contributed by atoms with Crippen molar-refractivity contribution < 1.29 is 17.6 Å². The van der Waals surface area contributed by atoms with E-state index in [2.05, 4.69) is 17.4 Å². The minimum absolute atomic E-state index is 0.00387. The van der Waals surface area contributed by atoms with E-state index in [1.807, 2.05) is 19.9 Å². The van der Waals surface area contributed by atoms with Crippen molar-refractivity contribution in [2.45, 2.75) is 44.0 Å². The summed E-state index contributed by atoms with van der Waals surface area (Å²) in [6.45, 7) is 3.17. The fourth-order valence-corrected chi connectivity index (χ4v) is 5.58. The highest BCUT2D eigenvalue weighted by Gasteiger charge is 2.29. The van der Waals surface area contributed by atoms with E-state index >= 15 is 0 Å². The Hall–Kier alpha value is -3.19. The van der Waals surface area contributed by atoms with E-state index in [4.69, 9.17) is 0 Å². The van der Waals surface area contributed by atoms with Crippen molar-refractivity contribution in [1.29, 1.82) is 0 Å². The summed E-state index contributed by atoms with van der Waals surface area (Å²) in [6.07, 6.45) is 3.23. The van der Waals surface area contributed by atoms with Crippen LogP contribution in [0, 0.1) is 12.7 Å². The van der Waals surface area contributed by atoms with E-state index in [1.165, 1.54) is 41.5 Å². The summed E-state index contributed by atoms with van der Waals surface area (Å²) < 4.78 is 42.2. The smallest absolute Gasteiger partial charge is 0.264 e. The molecule has 0 heterocycles. The van der Waals surface area contributed by atoms with Crippen molar-refractivity contribution in [2.75, 3.05) is 10.8 Å². The third-order valence-electron chi connectivity index (χ3n) is 6.02. The van der Waals surface area contributed by atoms with Crippen molar-refractivity contribution >= 4 is 21.6 Å². The largest absolute Gasteiger partial charge is 0.348 e. The van der Waals surface area contributed by atoms with Gasteiger partial charge in [0.15, 0.2) is 0 Å². The van der Waals surface area contributed by atoms with Crippen LogP contribution in [0.3, 0.4) is 0 Å². The molecule has 0 saturated heterocycles. The summed E-state index contributed by atoms with van der Waals surface area (Å²) in [6, 6.07) is 17.7. The number of para-hydroxylation sites is 1. The molecule has 172 valence electrons. The number of aryl methyl sites for hydroxylation is 3. The lowest BCUT2D eigenvalue weighted by molar-refractivity contribution is -0.120. The fourth-order valence-electron chi connectivity index (χ4n) is 4.15. The van der Waals surface area contributed by atoms with Gasteiger partial charge in [0.05, 0.1) is 16.6 Å². The van der Waals surface area contributed by atoms with Gasteiger partial charge < -0.3 is 5.32 Å². The highest BCUT2D eigenvalue weighted by Crippen LogP contribution is 2.27. The Morgan fingerprint density at radius 2 is 1.73 bits per heavy atom. The molecule has 33 heavy (non-hydrogen) atoms. The van der Waals surface area contributed by atoms with Crippen molar-refractivity contribution in [3.8, 4) is 0 Å². The second-order valence-electron chi connectivity index (χ2n) is 8.45. The first-order chi connectivity index (χ1) is 15.8. The molecule has 1 aliphatic rings. The first kappa shape index (κ1) is 23.0. The lowest BCUT2D eigenvalue weighted by Crippen LogP contribution is -2.42. The number of anilines is 1. The lowest BCUT2D eigenvalue weighted by Gasteiger charge is -2.25. The van der Waals surface area contributed by atoms with Crippen molar-refractivity contribution in [3.05, 3.63) is 94.8 Å². The zero-order valence-electron chi connectivity index (χ0n) is 18.7. The Morgan fingerprint density at radius 1 is 1.03 bits per heavy atom. The van der Waals surface area contributed by atoms with Crippen LogP contribution in [0.15, 0.2) is 71.6 Å². The van der Waals surface area contributed by atoms with Gasteiger partial charge >= 0.3 is 0 Å². The number of halogens is 1. The summed E-state index contributed by atoms with van der Waals surface area (Å²) in [4.78, 5) is 12.9. The number of benzene rings is 3. The molecular weight excluding hydrogens is 439 g/mol. The molecule has 3 aromatic carbocycles. The molecule has 1 atom stereocenters. The number of fused-ring (bicyclic) bond motifs is 1. The summed E-state index contributed by atoms with van der Waals surface area (Å²) in [5.74, 6) is -1.23. The molecule has 4 rings (SSSR count). The molecule has 1 aliphatic carbocycles. The molecule has 0 aliphatic heterocycles. The van der Waals surface area contributed by atoms with E-state index < -0.39 is 28.3 Å². The summed E-state index contributed by atoms with van der Waals surface area (Å²) in [5.41, 5.74) is 4.32. The minimum Gasteiger partial charge on any atom is -0.348 e. The third-order valence-corrected chi connectivity index (χ3v) is 7.79. The molecule has 3 aromatic rings. The molecule has 0 fully saturated rings. The van der Waals surface area contributed by atoms with E-state index in [-0.39, 0.29) is 16.6 Å². The van der Waals surface area contributed by atoms with Crippen molar-refractivity contribution in [2.24, 2.45) is 0 Å². The lowest BCUT2D eigenvalue weighted by atomic mass is 10.0. The van der Waals surface area contributed by atoms with E-state index in [9.17, 15) is 17.6 Å². The Labute approximate surface area is 194 Å². The summed E-state index contributed by atoms with van der Waals surface area (Å²) >= 11 is 0. The Morgan fingerprint density at radius 3 is 2.45 bits per heavy atom. The van der Waals surface area contributed by atoms with Gasteiger partial charge in [-0.3, -0.25) is 9.10 Å². The van der Waals surface area contributed by atoms with Crippen LogP contribution in [0.25, 0.3) is 0 Å². The number of rotatable bonds is 7. The summed E-state index contributed by atoms with van der Waals surface area (Å²) in [7, 11) is -4.16. The average Bonchev–Trinajstić information content (AvgIpc) is 3.26. The topological polar surface area (TPSA) is 66.5 Å². The molecule has 1 amide bonds. The Kier molecular flexibility index (Phi) is 6.51. The second-order valence-corrected chi connectivity index (χ2v) is 10.3. The molecule has 0 saturated carbocycles. The van der Waals surface area contributed by atoms with Crippen LogP contribution in [0.5, 0.6) is 0 Å². The number of nitrogens with zero attached hydrogens (tertiary/aromatic N) is 1. The van der Waals surface area contributed by atoms with Gasteiger partial charge in [-0.15, -0.1) is 0 Å². The van der Waals surface area contributed by atoms with E-state index in [0.29, 0.717) is 0 Å². The van der Waals surface area contributed by atoms with Gasteiger partial charge in [-0.2, -0.15) is 0 Å². The number of hydrogen-bond acceptors (Lipinski definition) is 3. The number of hydrogen-bond donors (Lipinski definition) is 1. The quantitative estimate of drug-likeness (QED) is 0.549. The maximum absolute atomic E-state index is 14.6. The Bertz CT molecular complexity index is 1270. The zero-order valence-corrected chi connectivity index (χ0v) is 19.5. The van der Waals surface area contributed by atoms with Gasteiger partial charge in [-0.05, 0) is 74.1 Å². The van der Waals surface area contributed by atoms with Crippen LogP contribution >= 0.6 is 0 Å². The molecule has 1 N–H and O–H groups in total. The van der Waals surface area contributed by atoms with Gasteiger partial charge in [-0.1, -0.05) is 48.0 Å². The molecule has 0 spiro atoms. The minimum atomic E-state index is -4.16. The number of amides is 1. The monoisotopic (exact) mass is 466 g/mol. The highest BCUT2D eigenvalue weighted by atomic mass is 32.2. The molecule has 7 heteroatoms. The van der Waals surface area contributed by atoms with Crippen LogP contribution < -0.4 is 9.62 Å². The first-order valence-corrected chi connectivity index (χ1v) is 12.4. The van der Waals surface area contributed by atoms with Gasteiger partial charge in [0.2, 0.25) is 5.91 Å². The SMILES string of the molecule is Cc1ccc(S(=O)(=O)N(CC(=O)N[C@H](C)c2ccc3c(c2)CCC3)c2ccccc2F)cc1. The third kappa shape index (κ3) is 4.93. The number of nitrogens with one attached hydrogen (secondary N) is 1. The van der Waals surface area contributed by atoms with Gasteiger partial charge in [0, 0.05) is 0 Å². The van der Waals surface area contributed by atoms with E-state index in [0.717, 1.165) is 34.7 Å². The standard InChI is InChI=1S/C26H27FN2O3S/c1-18-10-14-23(15-11-18)33(31,32)29(25-9-4-3-8-24(25)27)17-26(30)28-19(2)21-13-12-20-6-5-7-22(20)16-21/h3-4,8-16,19H,5-7,17H2,1-2H3,(H,28,30)/t19-/m1/s1. The number of carbonyl (C=O) groups is 1. The van der Waals surface area contributed by atoms with Crippen LogP contribution in [0.1, 0.15) is 41.6 Å². The fraction of sp³-hybridized carbons (Fsp3) is 0.269. The van der Waals surface area contributed by atoms with Gasteiger partial charge in [-0.25, -0.2) is 12.8 Å². The molecular formula is C26H27FN2O3S. The Balaban J connectivity index is 1.59. The van der Waals surface area contributed by atoms with Crippen LogP contribution in [0.4, 0.5) is 10.1 Å². The highest BCUT2D eigenvalue weighted by molar-refractivity contribution is 7.92. The summed E-state index contributed by atoms with van der Waals surface area (Å²) in [5, 5.41) is 2.87. The van der Waals surface area contributed by atoms with Gasteiger partial charge in [0.1, 0.15) is 12.4 Å². The maximum atomic E-state index is 14.6.